The molecule has 0 radical (unpaired) electrons. The number of thiophene rings is 1. The van der Waals surface area contributed by atoms with E-state index in [1.807, 2.05) is 0 Å². The minimum atomic E-state index is -3.84. The Morgan fingerprint density at radius 2 is 2.08 bits per heavy atom. The Hall–Kier alpha value is -1.92. The molecule has 2 aromatic rings. The van der Waals surface area contributed by atoms with Gasteiger partial charge in [-0.3, -0.25) is 4.79 Å². The number of halogens is 1. The van der Waals surface area contributed by atoms with Gasteiger partial charge in [-0.25, -0.2) is 13.1 Å². The molecule has 1 aliphatic rings. The quantitative estimate of drug-likeness (QED) is 0.792. The highest BCUT2D eigenvalue weighted by Crippen LogP contribution is 2.37. The molecule has 1 heterocycles. The van der Waals surface area contributed by atoms with Gasteiger partial charge in [-0.1, -0.05) is 17.7 Å². The van der Waals surface area contributed by atoms with Crippen LogP contribution in [0.1, 0.15) is 28.8 Å². The lowest BCUT2D eigenvalue weighted by atomic mass is 9.96. The molecule has 6 nitrogen and oxygen atoms in total. The minimum absolute atomic E-state index is 0.0119. The molecule has 1 aromatic heterocycles. The number of anilines is 1. The van der Waals surface area contributed by atoms with Crippen molar-refractivity contribution in [2.24, 2.45) is 0 Å². The van der Waals surface area contributed by atoms with Gasteiger partial charge in [-0.05, 0) is 49.4 Å². The fraction of sp³-hybridized carbons (Fsp3) is 0.294. The van der Waals surface area contributed by atoms with E-state index in [9.17, 15) is 18.5 Å². The molecular weight excluding hydrogens is 394 g/mol. The van der Waals surface area contributed by atoms with Crippen LogP contribution < -0.4 is 10.0 Å². The minimum Gasteiger partial charge on any atom is -0.315 e. The molecular formula is C17H16ClN3O3S2. The second kappa shape index (κ2) is 7.76. The lowest BCUT2D eigenvalue weighted by Gasteiger charge is -2.09. The molecule has 0 spiro atoms. The van der Waals surface area contributed by atoms with Gasteiger partial charge in [-0.15, -0.1) is 11.3 Å². The number of amides is 1. The smallest absolute Gasteiger partial charge is 0.241 e. The molecule has 0 saturated carbocycles. The number of hydrogen-bond donors (Lipinski definition) is 2. The summed E-state index contributed by atoms with van der Waals surface area (Å²) in [5.41, 5.74) is 1.51. The van der Waals surface area contributed by atoms with E-state index in [-0.39, 0.29) is 4.90 Å². The Bertz CT molecular complexity index is 993. The number of nitrogens with one attached hydrogen (secondary N) is 2. The van der Waals surface area contributed by atoms with Gasteiger partial charge in [0.1, 0.15) is 11.1 Å². The van der Waals surface area contributed by atoms with Gasteiger partial charge in [0.05, 0.1) is 17.0 Å². The predicted molar refractivity (Wildman–Crippen MR) is 101 cm³/mol. The maximum Gasteiger partial charge on any atom is 0.241 e. The zero-order valence-corrected chi connectivity index (χ0v) is 16.1. The number of carbonyl (C=O) groups is 1. The first-order chi connectivity index (χ1) is 12.4. The third-order valence-corrected chi connectivity index (χ3v) is 6.91. The van der Waals surface area contributed by atoms with Crippen molar-refractivity contribution in [2.75, 3.05) is 11.9 Å². The topological polar surface area (TPSA) is 99.1 Å². The Morgan fingerprint density at radius 3 is 2.81 bits per heavy atom. The summed E-state index contributed by atoms with van der Waals surface area (Å²) >= 11 is 7.20. The third kappa shape index (κ3) is 4.07. The summed E-state index contributed by atoms with van der Waals surface area (Å²) in [6.45, 7) is -0.428. The van der Waals surface area contributed by atoms with Crippen LogP contribution in [-0.4, -0.2) is 20.9 Å². The van der Waals surface area contributed by atoms with E-state index in [1.165, 1.54) is 29.5 Å². The molecule has 1 aromatic carbocycles. The molecule has 0 atom stereocenters. The molecule has 1 aliphatic carbocycles. The number of rotatable bonds is 5. The van der Waals surface area contributed by atoms with Gasteiger partial charge in [0.25, 0.3) is 0 Å². The van der Waals surface area contributed by atoms with Gasteiger partial charge < -0.3 is 5.32 Å². The van der Waals surface area contributed by atoms with Crippen molar-refractivity contribution in [2.45, 2.75) is 30.6 Å². The van der Waals surface area contributed by atoms with Crippen LogP contribution in [0.5, 0.6) is 0 Å². The average Bonchev–Trinajstić information content (AvgIpc) is 2.97. The first-order valence-corrected chi connectivity index (χ1v) is 10.7. The van der Waals surface area contributed by atoms with Crippen LogP contribution >= 0.6 is 22.9 Å². The highest BCUT2D eigenvalue weighted by atomic mass is 35.5. The molecule has 0 aliphatic heterocycles. The van der Waals surface area contributed by atoms with E-state index < -0.39 is 22.5 Å². The number of aryl methyl sites for hydroxylation is 1. The molecule has 0 bridgehead atoms. The molecule has 1 amide bonds. The Kier molecular flexibility index (Phi) is 5.63. The first kappa shape index (κ1) is 18.9. The van der Waals surface area contributed by atoms with E-state index in [4.69, 9.17) is 11.6 Å². The predicted octanol–water partition coefficient (Wildman–Crippen LogP) is 3.07. The summed E-state index contributed by atoms with van der Waals surface area (Å²) in [5.74, 6) is -0.522. The molecule has 136 valence electrons. The fourth-order valence-electron chi connectivity index (χ4n) is 2.82. The van der Waals surface area contributed by atoms with Gasteiger partial charge in [0, 0.05) is 9.90 Å². The van der Waals surface area contributed by atoms with Gasteiger partial charge in [-0.2, -0.15) is 5.26 Å². The highest BCUT2D eigenvalue weighted by molar-refractivity contribution is 7.89. The van der Waals surface area contributed by atoms with Crippen molar-refractivity contribution in [3.63, 3.8) is 0 Å². The lowest BCUT2D eigenvalue weighted by Crippen LogP contribution is -2.32. The molecule has 0 saturated heterocycles. The van der Waals surface area contributed by atoms with E-state index in [0.717, 1.165) is 36.1 Å². The fourth-order valence-corrected chi connectivity index (χ4v) is 5.36. The van der Waals surface area contributed by atoms with E-state index in [2.05, 4.69) is 16.1 Å². The summed E-state index contributed by atoms with van der Waals surface area (Å²) in [6.07, 6.45) is 3.86. The van der Waals surface area contributed by atoms with E-state index >= 15 is 0 Å². The second-order valence-electron chi connectivity index (χ2n) is 5.86. The average molecular weight is 410 g/mol. The third-order valence-electron chi connectivity index (χ3n) is 4.07. The summed E-state index contributed by atoms with van der Waals surface area (Å²) in [7, 11) is -3.84. The van der Waals surface area contributed by atoms with Crippen LogP contribution in [0.3, 0.4) is 0 Å². The van der Waals surface area contributed by atoms with Crippen molar-refractivity contribution in [1.82, 2.24) is 4.72 Å². The van der Waals surface area contributed by atoms with Crippen LogP contribution in [0.4, 0.5) is 5.00 Å². The van der Waals surface area contributed by atoms with Crippen LogP contribution in [0.25, 0.3) is 0 Å². The molecule has 9 heteroatoms. The maximum absolute atomic E-state index is 12.2. The summed E-state index contributed by atoms with van der Waals surface area (Å²) in [6, 6.07) is 7.95. The number of fused-ring (bicyclic) bond motifs is 1. The van der Waals surface area contributed by atoms with Crippen LogP contribution in [0.15, 0.2) is 29.2 Å². The normalized spacial score (nSPS) is 13.7. The Labute approximate surface area is 160 Å². The first-order valence-electron chi connectivity index (χ1n) is 8.00. The zero-order valence-electron chi connectivity index (χ0n) is 13.7. The van der Waals surface area contributed by atoms with Crippen LogP contribution in [0.2, 0.25) is 5.02 Å². The van der Waals surface area contributed by atoms with Crippen molar-refractivity contribution >= 4 is 43.9 Å². The number of benzene rings is 1. The van der Waals surface area contributed by atoms with Gasteiger partial charge in [0.2, 0.25) is 15.9 Å². The van der Waals surface area contributed by atoms with Crippen molar-refractivity contribution in [3.05, 3.63) is 45.3 Å². The zero-order chi connectivity index (χ0) is 18.7. The molecule has 3 rings (SSSR count). The number of carbonyl (C=O) groups excluding carboxylic acids is 1. The molecule has 2 N–H and O–H groups in total. The number of hydrogen-bond acceptors (Lipinski definition) is 5. The number of nitriles is 1. The van der Waals surface area contributed by atoms with E-state index in [1.54, 1.807) is 6.07 Å². The van der Waals surface area contributed by atoms with Crippen molar-refractivity contribution in [1.29, 1.82) is 5.26 Å². The molecule has 26 heavy (non-hydrogen) atoms. The summed E-state index contributed by atoms with van der Waals surface area (Å²) in [5, 5.41) is 12.8. The van der Waals surface area contributed by atoms with Gasteiger partial charge >= 0.3 is 0 Å². The number of nitrogens with zero attached hydrogens (tertiary/aromatic N) is 1. The molecule has 0 unspecified atom stereocenters. The summed E-state index contributed by atoms with van der Waals surface area (Å²) in [4.78, 5) is 13.3. The van der Waals surface area contributed by atoms with Crippen molar-refractivity contribution < 1.29 is 13.2 Å². The Balaban J connectivity index is 1.68. The largest absolute Gasteiger partial charge is 0.315 e. The molecule has 0 fully saturated rings. The maximum atomic E-state index is 12.2. The van der Waals surface area contributed by atoms with E-state index in [0.29, 0.717) is 15.6 Å². The van der Waals surface area contributed by atoms with Gasteiger partial charge in [0.15, 0.2) is 0 Å². The van der Waals surface area contributed by atoms with Crippen LogP contribution in [-0.2, 0) is 27.7 Å². The lowest BCUT2D eigenvalue weighted by molar-refractivity contribution is -0.115. The van der Waals surface area contributed by atoms with Crippen molar-refractivity contribution in [3.8, 4) is 6.07 Å². The summed E-state index contributed by atoms with van der Waals surface area (Å²) < 4.78 is 26.7. The second-order valence-corrected chi connectivity index (χ2v) is 9.17. The highest BCUT2D eigenvalue weighted by Gasteiger charge is 2.22. The SMILES string of the molecule is N#Cc1c(NC(=O)CNS(=O)(=O)c2cccc(Cl)c2)sc2c1CCCC2. The monoisotopic (exact) mass is 409 g/mol. The number of sulfonamides is 1. The Morgan fingerprint density at radius 1 is 1.31 bits per heavy atom. The van der Waals surface area contributed by atoms with Crippen LogP contribution in [0, 0.1) is 11.3 Å². The standard InChI is InChI=1S/C17H16ClN3O3S2/c18-11-4-3-5-12(8-11)26(23,24)20-10-16(22)21-17-14(9-19)13-6-1-2-7-15(13)25-17/h3-5,8,20H,1-2,6-7,10H2,(H,21,22).